The van der Waals surface area contributed by atoms with Gasteiger partial charge in [0.15, 0.2) is 5.78 Å². The van der Waals surface area contributed by atoms with Crippen molar-refractivity contribution >= 4 is 5.78 Å². The van der Waals surface area contributed by atoms with Gasteiger partial charge in [-0.15, -0.1) is 0 Å². The number of Topliss-reactive ketones (excluding diaryl/α,β-unsaturated/α-hetero) is 1. The largest absolute Gasteiger partial charge is 0.298 e. The van der Waals surface area contributed by atoms with Gasteiger partial charge in [-0.1, -0.05) is 30.3 Å². The van der Waals surface area contributed by atoms with Gasteiger partial charge in [-0.25, -0.2) is 0 Å². The molecule has 2 rings (SSSR count). The molecular weight excluding hydrogens is 174 g/mol. The molecule has 1 aliphatic heterocycles. The van der Waals surface area contributed by atoms with Gasteiger partial charge >= 0.3 is 0 Å². The minimum atomic E-state index is -0.185. The van der Waals surface area contributed by atoms with Gasteiger partial charge in [-0.3, -0.25) is 9.69 Å². The number of carbonyl (C=O) groups excluding carboxylic acids is 1. The van der Waals surface area contributed by atoms with Crippen molar-refractivity contribution in [3.63, 3.8) is 0 Å². The Morgan fingerprint density at radius 2 is 2.07 bits per heavy atom. The fourth-order valence-corrected chi connectivity index (χ4v) is 1.70. The van der Waals surface area contributed by atoms with Crippen molar-refractivity contribution in [2.24, 2.45) is 0 Å². The van der Waals surface area contributed by atoms with Crippen molar-refractivity contribution in [1.82, 2.24) is 4.90 Å². The van der Waals surface area contributed by atoms with Crippen molar-refractivity contribution in [2.75, 3.05) is 6.54 Å². The first-order valence-corrected chi connectivity index (χ1v) is 4.93. The van der Waals surface area contributed by atoms with E-state index in [0.29, 0.717) is 0 Å². The second-order valence-corrected chi connectivity index (χ2v) is 4.17. The van der Waals surface area contributed by atoms with Gasteiger partial charge in [0.1, 0.15) is 0 Å². The van der Waals surface area contributed by atoms with E-state index in [1.54, 1.807) is 6.92 Å². The highest BCUT2D eigenvalue weighted by molar-refractivity contribution is 5.88. The number of ketones is 1. The number of nitrogens with zero attached hydrogens (tertiary/aromatic N) is 1. The van der Waals surface area contributed by atoms with Crippen LogP contribution in [-0.2, 0) is 11.3 Å². The topological polar surface area (TPSA) is 20.1 Å². The van der Waals surface area contributed by atoms with Crippen LogP contribution in [0, 0.1) is 0 Å². The fourth-order valence-electron chi connectivity index (χ4n) is 1.70. The molecule has 14 heavy (non-hydrogen) atoms. The minimum Gasteiger partial charge on any atom is -0.298 e. The quantitative estimate of drug-likeness (QED) is 0.676. The zero-order valence-electron chi connectivity index (χ0n) is 8.66. The molecule has 1 heterocycles. The Morgan fingerprint density at radius 1 is 1.43 bits per heavy atom. The van der Waals surface area contributed by atoms with Crippen LogP contribution in [0.25, 0.3) is 0 Å². The van der Waals surface area contributed by atoms with Gasteiger partial charge in [0.2, 0.25) is 0 Å². The van der Waals surface area contributed by atoms with Crippen LogP contribution in [-0.4, -0.2) is 22.8 Å². The molecule has 1 saturated heterocycles. The Labute approximate surface area is 84.5 Å². The average molecular weight is 189 g/mol. The molecule has 0 amide bonds. The molecule has 2 nitrogen and oxygen atoms in total. The Balaban J connectivity index is 2.00. The van der Waals surface area contributed by atoms with E-state index in [1.165, 1.54) is 5.56 Å². The molecule has 1 aromatic carbocycles. The second-order valence-electron chi connectivity index (χ2n) is 4.17. The molecule has 74 valence electrons. The van der Waals surface area contributed by atoms with Gasteiger partial charge in [0.05, 0.1) is 5.54 Å². The lowest BCUT2D eigenvalue weighted by Crippen LogP contribution is -2.23. The summed E-state index contributed by atoms with van der Waals surface area (Å²) in [5.74, 6) is 0.272. The van der Waals surface area contributed by atoms with E-state index in [9.17, 15) is 4.79 Å². The summed E-state index contributed by atoms with van der Waals surface area (Å²) >= 11 is 0. The maximum absolute atomic E-state index is 11.3. The molecule has 2 atom stereocenters. The van der Waals surface area contributed by atoms with Crippen molar-refractivity contribution in [3.05, 3.63) is 35.9 Å². The first-order chi connectivity index (χ1) is 6.63. The summed E-state index contributed by atoms with van der Waals surface area (Å²) in [4.78, 5) is 13.5. The van der Waals surface area contributed by atoms with E-state index in [4.69, 9.17) is 0 Å². The second kappa shape index (κ2) is 3.21. The SMILES string of the molecule is CC(=O)C1(C)CN1Cc1ccccc1. The molecule has 0 radical (unpaired) electrons. The number of rotatable bonds is 3. The third-order valence-corrected chi connectivity index (χ3v) is 3.07. The van der Waals surface area contributed by atoms with Gasteiger partial charge in [0.25, 0.3) is 0 Å². The highest BCUT2D eigenvalue weighted by atomic mass is 16.1. The summed E-state index contributed by atoms with van der Waals surface area (Å²) in [6.45, 7) is 5.47. The standard InChI is InChI=1S/C12H15NO/c1-10(14)12(2)9-13(12)8-11-6-4-3-5-7-11/h3-7H,8-9H2,1-2H3. The zero-order chi connectivity index (χ0) is 10.2. The minimum absolute atomic E-state index is 0.185. The van der Waals surface area contributed by atoms with E-state index >= 15 is 0 Å². The maximum Gasteiger partial charge on any atom is 0.151 e. The van der Waals surface area contributed by atoms with Gasteiger partial charge in [-0.05, 0) is 19.4 Å². The monoisotopic (exact) mass is 189 g/mol. The van der Waals surface area contributed by atoms with E-state index in [0.717, 1.165) is 13.1 Å². The summed E-state index contributed by atoms with van der Waals surface area (Å²) in [5.41, 5.74) is 1.09. The smallest absolute Gasteiger partial charge is 0.151 e. The summed E-state index contributed by atoms with van der Waals surface area (Å²) < 4.78 is 0. The van der Waals surface area contributed by atoms with Crippen LogP contribution in [0.4, 0.5) is 0 Å². The molecule has 0 N–H and O–H groups in total. The van der Waals surface area contributed by atoms with E-state index in [2.05, 4.69) is 17.0 Å². The Hall–Kier alpha value is -1.15. The lowest BCUT2D eigenvalue weighted by Gasteiger charge is -2.08. The van der Waals surface area contributed by atoms with Crippen molar-refractivity contribution < 1.29 is 4.79 Å². The zero-order valence-corrected chi connectivity index (χ0v) is 8.66. The molecule has 0 saturated carbocycles. The van der Waals surface area contributed by atoms with Gasteiger partial charge < -0.3 is 0 Å². The summed E-state index contributed by atoms with van der Waals surface area (Å²) in [7, 11) is 0. The highest BCUT2D eigenvalue weighted by Crippen LogP contribution is 2.34. The van der Waals surface area contributed by atoms with E-state index in [-0.39, 0.29) is 11.3 Å². The molecule has 0 spiro atoms. The van der Waals surface area contributed by atoms with Crippen LogP contribution in [0.15, 0.2) is 30.3 Å². The van der Waals surface area contributed by atoms with Crippen LogP contribution in [0.5, 0.6) is 0 Å². The maximum atomic E-state index is 11.3. The molecule has 0 bridgehead atoms. The third-order valence-electron chi connectivity index (χ3n) is 3.07. The first kappa shape index (κ1) is 9.41. The van der Waals surface area contributed by atoms with Crippen LogP contribution >= 0.6 is 0 Å². The number of hydrogen-bond acceptors (Lipinski definition) is 2. The lowest BCUT2D eigenvalue weighted by atomic mass is 10.1. The lowest BCUT2D eigenvalue weighted by molar-refractivity contribution is -0.120. The normalized spacial score (nSPS) is 30.0. The molecule has 2 heteroatoms. The predicted octanol–water partition coefficient (Wildman–Crippen LogP) is 1.85. The molecular formula is C12H15NO. The van der Waals surface area contributed by atoms with E-state index in [1.807, 2.05) is 25.1 Å². The summed E-state index contributed by atoms with van der Waals surface area (Å²) in [6.07, 6.45) is 0. The molecule has 0 aromatic heterocycles. The Kier molecular flexibility index (Phi) is 2.16. The Morgan fingerprint density at radius 3 is 2.57 bits per heavy atom. The van der Waals surface area contributed by atoms with Gasteiger partial charge in [-0.2, -0.15) is 0 Å². The molecule has 1 fully saturated rings. The van der Waals surface area contributed by atoms with Crippen molar-refractivity contribution in [2.45, 2.75) is 25.9 Å². The number of hydrogen-bond donors (Lipinski definition) is 0. The van der Waals surface area contributed by atoms with Crippen LogP contribution < -0.4 is 0 Å². The first-order valence-electron chi connectivity index (χ1n) is 4.93. The van der Waals surface area contributed by atoms with Crippen LogP contribution in [0.3, 0.4) is 0 Å². The summed E-state index contributed by atoms with van der Waals surface area (Å²) in [6, 6.07) is 10.3. The molecule has 1 aromatic rings. The average Bonchev–Trinajstić information content (AvgIpc) is 2.80. The molecule has 1 aliphatic rings. The third kappa shape index (κ3) is 1.58. The van der Waals surface area contributed by atoms with E-state index < -0.39 is 0 Å². The van der Waals surface area contributed by atoms with Crippen molar-refractivity contribution in [1.29, 1.82) is 0 Å². The van der Waals surface area contributed by atoms with Crippen molar-refractivity contribution in [3.8, 4) is 0 Å². The summed E-state index contributed by atoms with van der Waals surface area (Å²) in [5, 5.41) is 0. The molecule has 0 aliphatic carbocycles. The highest BCUT2D eigenvalue weighted by Gasteiger charge is 2.51. The van der Waals surface area contributed by atoms with Crippen LogP contribution in [0.1, 0.15) is 19.4 Å². The fraction of sp³-hybridized carbons (Fsp3) is 0.417. The number of carbonyl (C=O) groups is 1. The van der Waals surface area contributed by atoms with Gasteiger partial charge in [0, 0.05) is 13.1 Å². The molecule has 2 unspecified atom stereocenters. The Bertz CT molecular complexity index is 347. The van der Waals surface area contributed by atoms with Crippen LogP contribution in [0.2, 0.25) is 0 Å². The number of benzene rings is 1. The predicted molar refractivity (Wildman–Crippen MR) is 55.9 cm³/mol.